The number of carbonyl (C=O) groups excluding carboxylic acids is 2. The number of hydrogen-bond donors (Lipinski definition) is 1. The first-order chi connectivity index (χ1) is 14.5. The summed E-state index contributed by atoms with van der Waals surface area (Å²) >= 11 is 1.77. The van der Waals surface area contributed by atoms with Crippen molar-refractivity contribution in [3.05, 3.63) is 34.3 Å². The van der Waals surface area contributed by atoms with E-state index >= 15 is 0 Å². The van der Waals surface area contributed by atoms with E-state index in [9.17, 15) is 9.59 Å². The third kappa shape index (κ3) is 5.37. The average Bonchev–Trinajstić information content (AvgIpc) is 3.39. The van der Waals surface area contributed by atoms with Crippen molar-refractivity contribution < 1.29 is 9.59 Å². The van der Waals surface area contributed by atoms with Crippen molar-refractivity contribution in [3.8, 4) is 0 Å². The topological polar surface area (TPSA) is 86.1 Å². The predicted octanol–water partition coefficient (Wildman–Crippen LogP) is 1.30. The summed E-state index contributed by atoms with van der Waals surface area (Å²) < 4.78 is 1.69. The number of hydrogen-bond acceptors (Lipinski definition) is 5. The summed E-state index contributed by atoms with van der Waals surface area (Å²) in [6, 6.07) is 2.11. The van der Waals surface area contributed by atoms with Gasteiger partial charge in [-0.1, -0.05) is 0 Å². The molecule has 4 heterocycles. The van der Waals surface area contributed by atoms with Gasteiger partial charge < -0.3 is 20.0 Å². The number of aromatic nitrogens is 2. The molecule has 0 atom stereocenters. The number of thiophene rings is 1. The van der Waals surface area contributed by atoms with Gasteiger partial charge in [-0.05, 0) is 23.4 Å². The maximum atomic E-state index is 12.6. The molecule has 0 aliphatic carbocycles. The zero-order chi connectivity index (χ0) is 21.1. The molecule has 0 radical (unpaired) electrons. The second-order valence-corrected chi connectivity index (χ2v) is 8.50. The number of piperazine rings is 1. The van der Waals surface area contributed by atoms with Crippen LogP contribution in [0, 0.1) is 0 Å². The number of fused-ring (bicyclic) bond motifs is 1. The molecule has 9 nitrogen and oxygen atoms in total. The maximum absolute atomic E-state index is 12.6. The number of nitrogens with zero attached hydrogens (tertiary/aromatic N) is 6. The van der Waals surface area contributed by atoms with Crippen LogP contribution in [0.1, 0.15) is 16.9 Å². The summed E-state index contributed by atoms with van der Waals surface area (Å²) in [6.45, 7) is 3.47. The second-order valence-electron chi connectivity index (χ2n) is 7.50. The van der Waals surface area contributed by atoms with E-state index in [2.05, 4.69) is 26.9 Å². The van der Waals surface area contributed by atoms with E-state index in [0.29, 0.717) is 38.6 Å². The van der Waals surface area contributed by atoms with Gasteiger partial charge in [-0.15, -0.1) is 35.3 Å². The first-order valence-corrected chi connectivity index (χ1v) is 11.0. The minimum atomic E-state index is 0. The number of guanidine groups is 1. The highest BCUT2D eigenvalue weighted by Gasteiger charge is 2.28. The fourth-order valence-electron chi connectivity index (χ4n) is 3.91. The SMILES string of the molecule is CN=C(NCCC(=O)N1CCc2sccc2C1)N1CCN(c2cnn(C)c2)C(=O)C1.I. The first-order valence-electron chi connectivity index (χ1n) is 10.1. The fourth-order valence-corrected chi connectivity index (χ4v) is 4.80. The zero-order valence-electron chi connectivity index (χ0n) is 17.8. The van der Waals surface area contributed by atoms with Gasteiger partial charge in [-0.3, -0.25) is 19.3 Å². The van der Waals surface area contributed by atoms with Gasteiger partial charge in [0.25, 0.3) is 0 Å². The van der Waals surface area contributed by atoms with E-state index in [1.54, 1.807) is 34.2 Å². The molecule has 1 N–H and O–H groups in total. The lowest BCUT2D eigenvalue weighted by molar-refractivity contribution is -0.132. The van der Waals surface area contributed by atoms with Crippen LogP contribution in [0.15, 0.2) is 28.8 Å². The molecule has 2 aromatic rings. The van der Waals surface area contributed by atoms with E-state index in [1.807, 2.05) is 23.0 Å². The molecule has 0 spiro atoms. The zero-order valence-corrected chi connectivity index (χ0v) is 20.9. The van der Waals surface area contributed by atoms with Crippen molar-refractivity contribution in [1.82, 2.24) is 24.9 Å². The van der Waals surface area contributed by atoms with Crippen molar-refractivity contribution in [1.29, 1.82) is 0 Å². The summed E-state index contributed by atoms with van der Waals surface area (Å²) in [5.74, 6) is 0.807. The molecule has 2 aliphatic heterocycles. The van der Waals surface area contributed by atoms with Gasteiger partial charge in [0.1, 0.15) is 6.54 Å². The number of aliphatic imine (C=N–C) groups is 1. The number of anilines is 1. The molecule has 11 heteroatoms. The number of halogens is 1. The Hall–Kier alpha value is -2.15. The standard InChI is InChI=1S/C20H27N7O2S.HI/c1-21-20(26-8-9-27(19(29)14-26)16-11-23-24(2)13-16)22-6-3-18(28)25-7-4-17-15(12-25)5-10-30-17;/h5,10-11,13H,3-4,6-9,12,14H2,1-2H3,(H,21,22);1H. The Balaban J connectivity index is 0.00000272. The normalized spacial score (nSPS) is 16.8. The van der Waals surface area contributed by atoms with E-state index in [0.717, 1.165) is 18.7 Å². The molecular formula is C20H28IN7O2S. The lowest BCUT2D eigenvalue weighted by atomic mass is 10.1. The van der Waals surface area contributed by atoms with Crippen molar-refractivity contribution in [3.63, 3.8) is 0 Å². The molecule has 0 bridgehead atoms. The molecule has 31 heavy (non-hydrogen) atoms. The summed E-state index contributed by atoms with van der Waals surface area (Å²) in [6.07, 6.45) is 4.89. The van der Waals surface area contributed by atoms with Crippen LogP contribution in [0.3, 0.4) is 0 Å². The van der Waals surface area contributed by atoms with E-state index in [-0.39, 0.29) is 42.3 Å². The molecule has 0 saturated carbocycles. The average molecular weight is 557 g/mol. The smallest absolute Gasteiger partial charge is 0.246 e. The van der Waals surface area contributed by atoms with Gasteiger partial charge >= 0.3 is 0 Å². The van der Waals surface area contributed by atoms with Crippen LogP contribution in [0.2, 0.25) is 0 Å². The van der Waals surface area contributed by atoms with Gasteiger partial charge in [-0.2, -0.15) is 5.10 Å². The third-order valence-electron chi connectivity index (χ3n) is 5.52. The molecular weight excluding hydrogens is 529 g/mol. The highest BCUT2D eigenvalue weighted by Crippen LogP contribution is 2.24. The van der Waals surface area contributed by atoms with Gasteiger partial charge in [0, 0.05) is 64.3 Å². The van der Waals surface area contributed by atoms with Gasteiger partial charge in [0.15, 0.2) is 5.96 Å². The van der Waals surface area contributed by atoms with Crippen molar-refractivity contribution in [2.75, 3.05) is 44.7 Å². The van der Waals surface area contributed by atoms with E-state index in [1.165, 1.54) is 10.4 Å². The maximum Gasteiger partial charge on any atom is 0.246 e. The summed E-state index contributed by atoms with van der Waals surface area (Å²) in [5.41, 5.74) is 2.08. The van der Waals surface area contributed by atoms with Crippen LogP contribution < -0.4 is 10.2 Å². The van der Waals surface area contributed by atoms with Crippen LogP contribution in [0.25, 0.3) is 0 Å². The van der Waals surface area contributed by atoms with Crippen LogP contribution in [0.4, 0.5) is 5.69 Å². The summed E-state index contributed by atoms with van der Waals surface area (Å²) in [5, 5.41) is 9.48. The van der Waals surface area contributed by atoms with Gasteiger partial charge in [-0.25, -0.2) is 0 Å². The third-order valence-corrected chi connectivity index (χ3v) is 6.54. The number of amides is 2. The van der Waals surface area contributed by atoms with Crippen molar-refractivity contribution in [2.45, 2.75) is 19.4 Å². The fraction of sp³-hybridized carbons (Fsp3) is 0.500. The van der Waals surface area contributed by atoms with Gasteiger partial charge in [0.05, 0.1) is 11.9 Å². The Morgan fingerprint density at radius 2 is 2.10 bits per heavy atom. The number of nitrogens with one attached hydrogen (secondary N) is 1. The summed E-state index contributed by atoms with van der Waals surface area (Å²) in [4.78, 5) is 36.5. The molecule has 4 rings (SSSR count). The van der Waals surface area contributed by atoms with Crippen molar-refractivity contribution >= 4 is 58.8 Å². The lowest BCUT2D eigenvalue weighted by Crippen LogP contribution is -2.55. The second kappa shape index (κ2) is 10.4. The van der Waals surface area contributed by atoms with E-state index < -0.39 is 0 Å². The van der Waals surface area contributed by atoms with Crippen LogP contribution >= 0.6 is 35.3 Å². The van der Waals surface area contributed by atoms with Crippen LogP contribution in [-0.2, 0) is 29.6 Å². The molecule has 2 aromatic heterocycles. The first kappa shape index (κ1) is 23.5. The van der Waals surface area contributed by atoms with Gasteiger partial charge in [0.2, 0.25) is 11.8 Å². The molecule has 1 fully saturated rings. The quantitative estimate of drug-likeness (QED) is 0.348. The molecule has 0 unspecified atom stereocenters. The minimum absolute atomic E-state index is 0. The Bertz CT molecular complexity index is 957. The number of carbonyl (C=O) groups is 2. The largest absolute Gasteiger partial charge is 0.356 e. The van der Waals surface area contributed by atoms with Crippen LogP contribution in [0.5, 0.6) is 0 Å². The lowest BCUT2D eigenvalue weighted by Gasteiger charge is -2.35. The molecule has 1 saturated heterocycles. The molecule has 168 valence electrons. The highest BCUT2D eigenvalue weighted by molar-refractivity contribution is 14.0. The highest BCUT2D eigenvalue weighted by atomic mass is 127. The Kier molecular flexibility index (Phi) is 7.92. The summed E-state index contributed by atoms with van der Waals surface area (Å²) in [7, 11) is 3.53. The molecule has 0 aromatic carbocycles. The van der Waals surface area contributed by atoms with Crippen LogP contribution in [-0.4, -0.2) is 77.1 Å². The molecule has 2 amide bonds. The Morgan fingerprint density at radius 3 is 2.81 bits per heavy atom. The Labute approximate surface area is 203 Å². The minimum Gasteiger partial charge on any atom is -0.356 e. The van der Waals surface area contributed by atoms with E-state index in [4.69, 9.17) is 0 Å². The molecule has 2 aliphatic rings. The number of aryl methyl sites for hydroxylation is 1. The monoisotopic (exact) mass is 557 g/mol. The van der Waals surface area contributed by atoms with Crippen molar-refractivity contribution in [2.24, 2.45) is 12.0 Å². The Morgan fingerprint density at radius 1 is 1.26 bits per heavy atom. The number of rotatable bonds is 4. The predicted molar refractivity (Wildman–Crippen MR) is 132 cm³/mol.